The third kappa shape index (κ3) is 2.01. The van der Waals surface area contributed by atoms with Crippen LogP contribution in [0.5, 0.6) is 0 Å². The van der Waals surface area contributed by atoms with Crippen LogP contribution >= 0.6 is 0 Å². The van der Waals surface area contributed by atoms with Crippen LogP contribution in [0, 0.1) is 0 Å². The fourth-order valence-corrected chi connectivity index (χ4v) is 2.06. The van der Waals surface area contributed by atoms with Crippen LogP contribution in [0.4, 0.5) is 0 Å². The van der Waals surface area contributed by atoms with E-state index in [0.717, 1.165) is 30.8 Å². The van der Waals surface area contributed by atoms with E-state index in [9.17, 15) is 9.59 Å². The molecule has 1 aliphatic heterocycles. The summed E-state index contributed by atoms with van der Waals surface area (Å²) in [5, 5.41) is 0. The van der Waals surface area contributed by atoms with Gasteiger partial charge in [0.1, 0.15) is 0 Å². The molecule has 1 aliphatic rings. The number of aromatic nitrogens is 1. The van der Waals surface area contributed by atoms with Gasteiger partial charge in [-0.2, -0.15) is 0 Å². The molecule has 0 atom stereocenters. The molecule has 4 nitrogen and oxygen atoms in total. The van der Waals surface area contributed by atoms with E-state index in [0.29, 0.717) is 6.54 Å². The zero-order chi connectivity index (χ0) is 11.7. The summed E-state index contributed by atoms with van der Waals surface area (Å²) in [4.78, 5) is 24.4. The number of ketones is 1. The lowest BCUT2D eigenvalue weighted by molar-refractivity contribution is -0.129. The molecule has 0 N–H and O–H groups in total. The van der Waals surface area contributed by atoms with Crippen LogP contribution in [0.15, 0.2) is 12.3 Å². The smallest absolute Gasteiger partial charge is 0.219 e. The molecule has 4 heteroatoms. The van der Waals surface area contributed by atoms with Crippen molar-refractivity contribution in [1.29, 1.82) is 0 Å². The highest BCUT2D eigenvalue weighted by atomic mass is 16.2. The first-order valence-corrected chi connectivity index (χ1v) is 5.53. The third-order valence-electron chi connectivity index (χ3n) is 3.02. The first-order chi connectivity index (χ1) is 7.58. The lowest BCUT2D eigenvalue weighted by Gasteiger charge is -2.17. The summed E-state index contributed by atoms with van der Waals surface area (Å²) in [7, 11) is 0. The van der Waals surface area contributed by atoms with Gasteiger partial charge in [0, 0.05) is 37.5 Å². The average molecular weight is 220 g/mol. The van der Waals surface area contributed by atoms with Crippen LogP contribution in [-0.4, -0.2) is 27.7 Å². The van der Waals surface area contributed by atoms with Gasteiger partial charge in [-0.15, -0.1) is 0 Å². The van der Waals surface area contributed by atoms with Gasteiger partial charge in [-0.25, -0.2) is 0 Å². The van der Waals surface area contributed by atoms with Gasteiger partial charge >= 0.3 is 0 Å². The molecule has 1 amide bonds. The van der Waals surface area contributed by atoms with Crippen molar-refractivity contribution in [3.63, 3.8) is 0 Å². The van der Waals surface area contributed by atoms with Crippen molar-refractivity contribution in [3.05, 3.63) is 23.5 Å². The molecule has 0 fully saturated rings. The lowest BCUT2D eigenvalue weighted by atomic mass is 10.2. The fourth-order valence-electron chi connectivity index (χ4n) is 2.06. The number of nitrogens with zero attached hydrogens (tertiary/aromatic N) is 2. The summed E-state index contributed by atoms with van der Waals surface area (Å²) in [6.45, 7) is 5.45. The van der Waals surface area contributed by atoms with Crippen molar-refractivity contribution in [2.45, 2.75) is 33.4 Å². The lowest BCUT2D eigenvalue weighted by Crippen LogP contribution is -2.28. The van der Waals surface area contributed by atoms with Crippen molar-refractivity contribution < 1.29 is 9.59 Å². The summed E-state index contributed by atoms with van der Waals surface area (Å²) in [5.41, 5.74) is 1.79. The van der Waals surface area contributed by atoms with Gasteiger partial charge in [0.15, 0.2) is 5.78 Å². The van der Waals surface area contributed by atoms with Crippen molar-refractivity contribution in [2.24, 2.45) is 0 Å². The maximum atomic E-state index is 11.4. The van der Waals surface area contributed by atoms with Crippen LogP contribution in [-0.2, 0) is 17.9 Å². The van der Waals surface area contributed by atoms with Gasteiger partial charge in [-0.05, 0) is 19.4 Å². The van der Waals surface area contributed by atoms with E-state index < -0.39 is 0 Å². The van der Waals surface area contributed by atoms with E-state index in [1.165, 1.54) is 0 Å². The fraction of sp³-hybridized carbons (Fsp3) is 0.500. The van der Waals surface area contributed by atoms with Gasteiger partial charge in [0.2, 0.25) is 5.91 Å². The van der Waals surface area contributed by atoms with E-state index in [2.05, 4.69) is 4.57 Å². The quantitative estimate of drug-likeness (QED) is 0.672. The number of hydrogen-bond donors (Lipinski definition) is 0. The molecule has 0 aliphatic carbocycles. The predicted molar refractivity (Wildman–Crippen MR) is 60.1 cm³/mol. The number of aryl methyl sites for hydroxylation is 1. The van der Waals surface area contributed by atoms with E-state index in [-0.39, 0.29) is 11.7 Å². The number of rotatable bonds is 1. The third-order valence-corrected chi connectivity index (χ3v) is 3.02. The van der Waals surface area contributed by atoms with Crippen molar-refractivity contribution in [3.8, 4) is 0 Å². The van der Waals surface area contributed by atoms with E-state index in [4.69, 9.17) is 0 Å². The maximum absolute atomic E-state index is 11.4. The van der Waals surface area contributed by atoms with Gasteiger partial charge in [-0.1, -0.05) is 0 Å². The number of carbonyl (C=O) groups is 2. The van der Waals surface area contributed by atoms with E-state index in [1.54, 1.807) is 13.8 Å². The molecule has 1 aromatic rings. The second-order valence-corrected chi connectivity index (χ2v) is 4.26. The first-order valence-electron chi connectivity index (χ1n) is 5.53. The zero-order valence-electron chi connectivity index (χ0n) is 9.69. The van der Waals surface area contributed by atoms with Gasteiger partial charge in [0.25, 0.3) is 0 Å². The summed E-state index contributed by atoms with van der Waals surface area (Å²) >= 11 is 0. The number of fused-ring (bicyclic) bond motifs is 1. The summed E-state index contributed by atoms with van der Waals surface area (Å²) in [6.07, 6.45) is 2.83. The molecule has 2 heterocycles. The number of hydrogen-bond acceptors (Lipinski definition) is 2. The van der Waals surface area contributed by atoms with Crippen LogP contribution in [0.3, 0.4) is 0 Å². The molecule has 0 radical (unpaired) electrons. The Morgan fingerprint density at radius 2 is 2.00 bits per heavy atom. The molecule has 0 unspecified atom stereocenters. The minimum Gasteiger partial charge on any atom is -0.349 e. The molecule has 2 rings (SSSR count). The normalized spacial score (nSPS) is 15.5. The van der Waals surface area contributed by atoms with Crippen LogP contribution in [0.2, 0.25) is 0 Å². The Morgan fingerprint density at radius 1 is 1.25 bits per heavy atom. The SMILES string of the molecule is CC(=O)c1cc2n(c1)CCCN(C(C)=O)C2. The molecule has 0 aromatic carbocycles. The van der Waals surface area contributed by atoms with E-state index >= 15 is 0 Å². The second-order valence-electron chi connectivity index (χ2n) is 4.26. The first kappa shape index (κ1) is 10.9. The summed E-state index contributed by atoms with van der Waals surface area (Å²) in [6, 6.07) is 1.89. The van der Waals surface area contributed by atoms with Crippen molar-refractivity contribution in [2.75, 3.05) is 6.54 Å². The van der Waals surface area contributed by atoms with Crippen LogP contribution < -0.4 is 0 Å². The molecule has 16 heavy (non-hydrogen) atoms. The van der Waals surface area contributed by atoms with Gasteiger partial charge in [0.05, 0.1) is 6.54 Å². The van der Waals surface area contributed by atoms with Crippen molar-refractivity contribution >= 4 is 11.7 Å². The summed E-state index contributed by atoms with van der Waals surface area (Å²) in [5.74, 6) is 0.175. The average Bonchev–Trinajstić information content (AvgIpc) is 2.50. The molecule has 0 spiro atoms. The minimum absolute atomic E-state index is 0.0787. The van der Waals surface area contributed by atoms with Crippen LogP contribution in [0.25, 0.3) is 0 Å². The Balaban J connectivity index is 2.28. The van der Waals surface area contributed by atoms with Gasteiger partial charge in [-0.3, -0.25) is 9.59 Å². The Kier molecular flexibility index (Phi) is 2.81. The highest BCUT2D eigenvalue weighted by molar-refractivity contribution is 5.94. The highest BCUT2D eigenvalue weighted by Crippen LogP contribution is 2.16. The molecular weight excluding hydrogens is 204 g/mol. The second kappa shape index (κ2) is 4.12. The molecule has 0 saturated heterocycles. The Hall–Kier alpha value is -1.58. The molecule has 1 aromatic heterocycles. The molecule has 0 saturated carbocycles. The Bertz CT molecular complexity index is 434. The number of carbonyl (C=O) groups excluding carboxylic acids is 2. The maximum Gasteiger partial charge on any atom is 0.219 e. The Morgan fingerprint density at radius 3 is 2.62 bits per heavy atom. The molecule has 0 bridgehead atoms. The van der Waals surface area contributed by atoms with Crippen molar-refractivity contribution in [1.82, 2.24) is 9.47 Å². The van der Waals surface area contributed by atoms with Gasteiger partial charge < -0.3 is 9.47 Å². The molecular formula is C12H16N2O2. The minimum atomic E-state index is 0.0787. The monoisotopic (exact) mass is 220 g/mol. The topological polar surface area (TPSA) is 42.3 Å². The predicted octanol–water partition coefficient (Wildman–Crippen LogP) is 1.44. The zero-order valence-corrected chi connectivity index (χ0v) is 9.69. The summed E-state index contributed by atoms with van der Waals surface area (Å²) < 4.78 is 2.08. The molecule has 86 valence electrons. The standard InChI is InChI=1S/C12H16N2O2/c1-9(15)11-6-12-8-13(10(2)16)4-3-5-14(12)7-11/h6-7H,3-5,8H2,1-2H3. The largest absolute Gasteiger partial charge is 0.349 e. The van der Waals surface area contributed by atoms with Crippen LogP contribution in [0.1, 0.15) is 36.3 Å². The number of amides is 1. The number of Topliss-reactive ketones (excluding diaryl/α,β-unsaturated/α-hetero) is 1. The Labute approximate surface area is 94.8 Å². The van der Waals surface area contributed by atoms with E-state index in [1.807, 2.05) is 17.2 Å². The highest BCUT2D eigenvalue weighted by Gasteiger charge is 2.17.